The second-order valence-corrected chi connectivity index (χ2v) is 5.62. The molecule has 3 rings (SSSR count). The summed E-state index contributed by atoms with van der Waals surface area (Å²) < 4.78 is 10.2. The van der Waals surface area contributed by atoms with Crippen LogP contribution in [0.1, 0.15) is 0 Å². The smallest absolute Gasteiger partial charge is 0.335 e. The Kier molecular flexibility index (Phi) is 5.16. The monoisotopic (exact) mass is 367 g/mol. The number of nitrogens with one attached hydrogen (secondary N) is 1. The van der Waals surface area contributed by atoms with Crippen molar-refractivity contribution < 1.29 is 23.9 Å². The van der Waals surface area contributed by atoms with Crippen LogP contribution in [0.4, 0.5) is 16.2 Å². The standard InChI is InChI=1S/C19H17N3O5/c1-26-14-8-6-13(7-9-14)22-18(24)16(17(23)21-19(22)25)11-20-12-4-3-5-15(10-12)27-2/h3-11,16H,1-2H3,(H,21,23,25)/t16-/m0/s1. The van der Waals surface area contributed by atoms with E-state index in [-0.39, 0.29) is 0 Å². The Morgan fingerprint density at radius 2 is 1.70 bits per heavy atom. The van der Waals surface area contributed by atoms with E-state index >= 15 is 0 Å². The normalized spacial score (nSPS) is 17.2. The highest BCUT2D eigenvalue weighted by Crippen LogP contribution is 2.24. The molecule has 0 saturated carbocycles. The molecule has 0 bridgehead atoms. The molecule has 1 fully saturated rings. The summed E-state index contributed by atoms with van der Waals surface area (Å²) in [5.41, 5.74) is 0.841. The van der Waals surface area contributed by atoms with Crippen LogP contribution < -0.4 is 19.7 Å². The molecule has 0 aliphatic carbocycles. The van der Waals surface area contributed by atoms with Gasteiger partial charge in [-0.3, -0.25) is 19.9 Å². The second kappa shape index (κ2) is 7.69. The van der Waals surface area contributed by atoms with Crippen molar-refractivity contribution in [1.82, 2.24) is 5.32 Å². The number of nitrogens with zero attached hydrogens (tertiary/aromatic N) is 2. The number of carbonyl (C=O) groups excluding carboxylic acids is 3. The van der Waals surface area contributed by atoms with Crippen LogP contribution in [-0.4, -0.2) is 38.3 Å². The Bertz CT molecular complexity index is 908. The number of amides is 4. The van der Waals surface area contributed by atoms with Crippen molar-refractivity contribution in [1.29, 1.82) is 0 Å². The van der Waals surface area contributed by atoms with Crippen LogP contribution in [0.3, 0.4) is 0 Å². The zero-order valence-electron chi connectivity index (χ0n) is 14.7. The van der Waals surface area contributed by atoms with Crippen LogP contribution in [0, 0.1) is 5.92 Å². The molecule has 138 valence electrons. The van der Waals surface area contributed by atoms with E-state index in [0.29, 0.717) is 22.9 Å². The fourth-order valence-corrected chi connectivity index (χ4v) is 2.55. The third-order valence-corrected chi connectivity index (χ3v) is 3.96. The van der Waals surface area contributed by atoms with Gasteiger partial charge in [0.25, 0.3) is 5.91 Å². The van der Waals surface area contributed by atoms with Gasteiger partial charge in [0.15, 0.2) is 5.92 Å². The number of imide groups is 2. The van der Waals surface area contributed by atoms with Gasteiger partial charge in [-0.2, -0.15) is 0 Å². The molecule has 0 unspecified atom stereocenters. The topological polar surface area (TPSA) is 97.3 Å². The molecule has 1 atom stereocenters. The van der Waals surface area contributed by atoms with Crippen molar-refractivity contribution in [3.63, 3.8) is 0 Å². The molecule has 1 heterocycles. The van der Waals surface area contributed by atoms with E-state index in [1.54, 1.807) is 48.5 Å². The summed E-state index contributed by atoms with van der Waals surface area (Å²) in [5.74, 6) is -1.45. The van der Waals surface area contributed by atoms with Crippen molar-refractivity contribution in [3.05, 3.63) is 48.5 Å². The first-order valence-corrected chi connectivity index (χ1v) is 8.04. The number of barbiturate groups is 1. The van der Waals surface area contributed by atoms with Crippen LogP contribution in [0.5, 0.6) is 11.5 Å². The molecule has 1 aliphatic rings. The Balaban J connectivity index is 1.86. The van der Waals surface area contributed by atoms with Crippen molar-refractivity contribution in [2.45, 2.75) is 0 Å². The van der Waals surface area contributed by atoms with E-state index in [4.69, 9.17) is 9.47 Å². The fraction of sp³-hybridized carbons (Fsp3) is 0.158. The molecule has 8 heteroatoms. The maximum Gasteiger partial charge on any atom is 0.335 e. The van der Waals surface area contributed by atoms with Gasteiger partial charge in [0.2, 0.25) is 5.91 Å². The number of carbonyl (C=O) groups is 3. The molecule has 1 aliphatic heterocycles. The Morgan fingerprint density at radius 3 is 2.37 bits per heavy atom. The molecule has 0 spiro atoms. The van der Waals surface area contributed by atoms with Crippen LogP contribution in [0.25, 0.3) is 0 Å². The summed E-state index contributed by atoms with van der Waals surface area (Å²) in [6.45, 7) is 0. The summed E-state index contributed by atoms with van der Waals surface area (Å²) in [4.78, 5) is 42.1. The average Bonchev–Trinajstić information content (AvgIpc) is 2.68. The van der Waals surface area contributed by atoms with Crippen molar-refractivity contribution in [3.8, 4) is 11.5 Å². The van der Waals surface area contributed by atoms with Crippen LogP contribution in [0.2, 0.25) is 0 Å². The molecule has 2 aromatic rings. The highest BCUT2D eigenvalue weighted by molar-refractivity contribution is 6.32. The van der Waals surface area contributed by atoms with Crippen LogP contribution in [-0.2, 0) is 9.59 Å². The Labute approximate surface area is 155 Å². The Hall–Kier alpha value is -3.68. The molecule has 1 saturated heterocycles. The van der Waals surface area contributed by atoms with Gasteiger partial charge in [-0.15, -0.1) is 0 Å². The SMILES string of the molecule is COc1ccc(N2C(=O)NC(=O)[C@H](C=Nc3cccc(OC)c3)C2=O)cc1. The first kappa shape index (κ1) is 18.1. The largest absolute Gasteiger partial charge is 0.497 e. The number of benzene rings is 2. The van der Waals surface area contributed by atoms with E-state index in [1.807, 2.05) is 0 Å². The Morgan fingerprint density at radius 1 is 1.00 bits per heavy atom. The summed E-state index contributed by atoms with van der Waals surface area (Å²) in [6.07, 6.45) is 1.22. The molecule has 0 radical (unpaired) electrons. The maximum absolute atomic E-state index is 12.7. The number of aliphatic imine (C=N–C) groups is 1. The predicted molar refractivity (Wildman–Crippen MR) is 98.7 cm³/mol. The zero-order chi connectivity index (χ0) is 19.4. The van der Waals surface area contributed by atoms with Gasteiger partial charge >= 0.3 is 6.03 Å². The van der Waals surface area contributed by atoms with Gasteiger partial charge in [-0.05, 0) is 36.4 Å². The molecule has 4 amide bonds. The van der Waals surface area contributed by atoms with E-state index in [0.717, 1.165) is 4.90 Å². The minimum absolute atomic E-state index is 0.325. The van der Waals surface area contributed by atoms with Gasteiger partial charge < -0.3 is 9.47 Å². The molecule has 1 N–H and O–H groups in total. The van der Waals surface area contributed by atoms with Gasteiger partial charge in [-0.1, -0.05) is 6.07 Å². The molecule has 2 aromatic carbocycles. The van der Waals surface area contributed by atoms with Crippen molar-refractivity contribution in [2.75, 3.05) is 19.1 Å². The lowest BCUT2D eigenvalue weighted by molar-refractivity contribution is -0.131. The zero-order valence-corrected chi connectivity index (χ0v) is 14.7. The third-order valence-electron chi connectivity index (χ3n) is 3.96. The first-order chi connectivity index (χ1) is 13.0. The first-order valence-electron chi connectivity index (χ1n) is 8.04. The van der Waals surface area contributed by atoms with Crippen LogP contribution >= 0.6 is 0 Å². The lowest BCUT2D eigenvalue weighted by Crippen LogP contribution is -2.58. The molecule has 8 nitrogen and oxygen atoms in total. The third kappa shape index (κ3) is 3.79. The second-order valence-electron chi connectivity index (χ2n) is 5.62. The van der Waals surface area contributed by atoms with E-state index in [2.05, 4.69) is 10.3 Å². The lowest BCUT2D eigenvalue weighted by atomic mass is 10.1. The van der Waals surface area contributed by atoms with Crippen LogP contribution in [0.15, 0.2) is 53.5 Å². The van der Waals surface area contributed by atoms with E-state index in [9.17, 15) is 14.4 Å². The number of urea groups is 1. The van der Waals surface area contributed by atoms with Gasteiger partial charge in [0.05, 0.1) is 25.6 Å². The molecule has 27 heavy (non-hydrogen) atoms. The van der Waals surface area contributed by atoms with E-state index in [1.165, 1.54) is 20.4 Å². The summed E-state index contributed by atoms with van der Waals surface area (Å²) in [5, 5.41) is 2.18. The fourth-order valence-electron chi connectivity index (χ4n) is 2.55. The molecule has 0 aromatic heterocycles. The summed E-state index contributed by atoms with van der Waals surface area (Å²) in [7, 11) is 3.04. The minimum atomic E-state index is -1.23. The van der Waals surface area contributed by atoms with Crippen molar-refractivity contribution >= 4 is 35.4 Å². The number of hydrogen-bond acceptors (Lipinski definition) is 6. The number of ether oxygens (including phenoxy) is 2. The highest BCUT2D eigenvalue weighted by atomic mass is 16.5. The van der Waals surface area contributed by atoms with E-state index < -0.39 is 23.8 Å². The lowest BCUT2D eigenvalue weighted by Gasteiger charge is -2.28. The predicted octanol–water partition coefficient (Wildman–Crippen LogP) is 2.31. The average molecular weight is 367 g/mol. The number of hydrogen-bond donors (Lipinski definition) is 1. The van der Waals surface area contributed by atoms with Crippen molar-refractivity contribution in [2.24, 2.45) is 10.9 Å². The quantitative estimate of drug-likeness (QED) is 0.646. The number of rotatable bonds is 5. The van der Waals surface area contributed by atoms with Gasteiger partial charge in [-0.25, -0.2) is 9.69 Å². The maximum atomic E-state index is 12.7. The van der Waals surface area contributed by atoms with Gasteiger partial charge in [0.1, 0.15) is 11.5 Å². The summed E-state index contributed by atoms with van der Waals surface area (Å²) in [6, 6.07) is 12.4. The molecular formula is C19H17N3O5. The molecular weight excluding hydrogens is 350 g/mol. The minimum Gasteiger partial charge on any atom is -0.497 e. The highest BCUT2D eigenvalue weighted by Gasteiger charge is 2.40. The van der Waals surface area contributed by atoms with Gasteiger partial charge in [0, 0.05) is 12.3 Å². The number of methoxy groups -OCH3 is 2. The summed E-state index contributed by atoms with van der Waals surface area (Å²) >= 11 is 0. The number of anilines is 1.